The Kier molecular flexibility index (Phi) is 5.12. The van der Waals surface area contributed by atoms with Crippen molar-refractivity contribution in [3.05, 3.63) is 30.3 Å². The van der Waals surface area contributed by atoms with E-state index in [2.05, 4.69) is 50.9 Å². The fourth-order valence-corrected chi connectivity index (χ4v) is 3.80. The van der Waals surface area contributed by atoms with E-state index in [-0.39, 0.29) is 11.9 Å². The predicted molar refractivity (Wildman–Crippen MR) is 112 cm³/mol. The largest absolute Gasteiger partial charge is 0.488 e. The molecule has 7 nitrogen and oxygen atoms in total. The number of piperazine rings is 1. The summed E-state index contributed by atoms with van der Waals surface area (Å²) in [4.78, 5) is 13.6. The van der Waals surface area contributed by atoms with Gasteiger partial charge >= 0.3 is 0 Å². The highest BCUT2D eigenvalue weighted by molar-refractivity contribution is 5.93. The predicted octanol–water partition coefficient (Wildman–Crippen LogP) is 3.48. The zero-order valence-electron chi connectivity index (χ0n) is 17.5. The fourth-order valence-electron chi connectivity index (χ4n) is 3.80. The lowest BCUT2D eigenvalue weighted by atomic mass is 10.1. The van der Waals surface area contributed by atoms with Crippen LogP contribution in [0.2, 0.25) is 0 Å². The molecule has 1 fully saturated rings. The van der Waals surface area contributed by atoms with Crippen molar-refractivity contribution in [2.24, 2.45) is 0 Å². The minimum absolute atomic E-state index is 0.121. The van der Waals surface area contributed by atoms with Crippen LogP contribution in [0.4, 0.5) is 10.2 Å². The van der Waals surface area contributed by atoms with E-state index < -0.39 is 5.82 Å². The third-order valence-corrected chi connectivity index (χ3v) is 5.56. The first kappa shape index (κ1) is 19.6. The van der Waals surface area contributed by atoms with E-state index in [1.54, 1.807) is 12.4 Å². The first-order valence-electron chi connectivity index (χ1n) is 9.97. The van der Waals surface area contributed by atoms with Crippen LogP contribution in [0.25, 0.3) is 22.3 Å². The van der Waals surface area contributed by atoms with E-state index in [4.69, 9.17) is 4.74 Å². The van der Waals surface area contributed by atoms with Crippen LogP contribution in [0.1, 0.15) is 27.7 Å². The Morgan fingerprint density at radius 3 is 2.55 bits per heavy atom. The van der Waals surface area contributed by atoms with E-state index in [0.29, 0.717) is 29.0 Å². The molecule has 4 rings (SSSR count). The summed E-state index contributed by atoms with van der Waals surface area (Å²) in [6, 6.07) is 5.91. The normalized spacial score (nSPS) is 20.6. The van der Waals surface area contributed by atoms with Crippen LogP contribution in [0.3, 0.4) is 0 Å². The fraction of sp³-hybridized carbons (Fsp3) is 0.476. The number of fused-ring (bicyclic) bond motifs is 1. The Hall–Kier alpha value is -2.74. The lowest BCUT2D eigenvalue weighted by Crippen LogP contribution is -2.55. The molecule has 1 aromatic carbocycles. The first-order valence-corrected chi connectivity index (χ1v) is 9.97. The molecule has 29 heavy (non-hydrogen) atoms. The summed E-state index contributed by atoms with van der Waals surface area (Å²) in [5.41, 5.74) is 1.96. The number of aromatic amines is 1. The summed E-state index contributed by atoms with van der Waals surface area (Å²) in [5, 5.41) is 8.06. The van der Waals surface area contributed by atoms with Crippen molar-refractivity contribution in [2.45, 2.75) is 45.9 Å². The molecule has 0 radical (unpaired) electrons. The molecule has 0 saturated carbocycles. The summed E-state index contributed by atoms with van der Waals surface area (Å²) in [6.07, 6.45) is 1.44. The van der Waals surface area contributed by atoms with E-state index in [1.165, 1.54) is 6.07 Å². The number of aromatic nitrogens is 4. The van der Waals surface area contributed by atoms with Gasteiger partial charge < -0.3 is 9.64 Å². The maximum absolute atomic E-state index is 14.3. The minimum Gasteiger partial charge on any atom is -0.488 e. The van der Waals surface area contributed by atoms with Crippen molar-refractivity contribution in [1.29, 1.82) is 0 Å². The Labute approximate surface area is 169 Å². The maximum atomic E-state index is 14.3. The van der Waals surface area contributed by atoms with Gasteiger partial charge in [0, 0.05) is 42.7 Å². The topological polar surface area (TPSA) is 70.2 Å². The van der Waals surface area contributed by atoms with Crippen molar-refractivity contribution in [3.63, 3.8) is 0 Å². The molecule has 1 saturated heterocycles. The highest BCUT2D eigenvalue weighted by Gasteiger charge is 2.27. The van der Waals surface area contributed by atoms with Crippen LogP contribution in [0.5, 0.6) is 5.75 Å². The third-order valence-electron chi connectivity index (χ3n) is 5.56. The lowest BCUT2D eigenvalue weighted by Gasteiger charge is -2.42. The van der Waals surface area contributed by atoms with Gasteiger partial charge in [-0.15, -0.1) is 0 Å². The molecule has 0 amide bonds. The van der Waals surface area contributed by atoms with E-state index in [1.807, 2.05) is 19.9 Å². The van der Waals surface area contributed by atoms with Gasteiger partial charge in [0.2, 0.25) is 0 Å². The van der Waals surface area contributed by atoms with Crippen LogP contribution in [-0.2, 0) is 0 Å². The van der Waals surface area contributed by atoms with Gasteiger partial charge in [-0.25, -0.2) is 14.4 Å². The second-order valence-corrected chi connectivity index (χ2v) is 8.10. The molecule has 2 unspecified atom stereocenters. The van der Waals surface area contributed by atoms with Gasteiger partial charge in [-0.1, -0.05) is 0 Å². The molecule has 0 bridgehead atoms. The van der Waals surface area contributed by atoms with Crippen LogP contribution in [0, 0.1) is 5.82 Å². The molecule has 1 N–H and O–H groups in total. The summed E-state index contributed by atoms with van der Waals surface area (Å²) in [7, 11) is 2.16. The molecule has 154 valence electrons. The van der Waals surface area contributed by atoms with Gasteiger partial charge in [0.1, 0.15) is 17.8 Å². The number of nitrogens with zero attached hydrogens (tertiary/aromatic N) is 5. The highest BCUT2D eigenvalue weighted by atomic mass is 19.1. The smallest absolute Gasteiger partial charge is 0.167 e. The minimum atomic E-state index is -0.412. The van der Waals surface area contributed by atoms with Gasteiger partial charge in [-0.3, -0.25) is 10.00 Å². The Bertz CT molecular complexity index is 1010. The summed E-state index contributed by atoms with van der Waals surface area (Å²) in [5.74, 6) is 0.676. The number of rotatable bonds is 4. The number of halogens is 1. The van der Waals surface area contributed by atoms with Crippen molar-refractivity contribution in [3.8, 4) is 17.1 Å². The number of anilines is 1. The molecule has 1 aliphatic rings. The Morgan fingerprint density at radius 2 is 1.86 bits per heavy atom. The SMILES string of the molecule is CC(C)Oc1cc2c(-c3cc(N4CC(C)N(C)C(C)C4)ncn3)n[nH]c2cc1F. The van der Waals surface area contributed by atoms with E-state index in [9.17, 15) is 4.39 Å². The van der Waals surface area contributed by atoms with Crippen LogP contribution >= 0.6 is 0 Å². The number of hydrogen-bond acceptors (Lipinski definition) is 6. The van der Waals surface area contributed by atoms with Gasteiger partial charge in [-0.2, -0.15) is 5.10 Å². The van der Waals surface area contributed by atoms with Gasteiger partial charge in [0.25, 0.3) is 0 Å². The van der Waals surface area contributed by atoms with Gasteiger partial charge in [-0.05, 0) is 40.8 Å². The zero-order valence-corrected chi connectivity index (χ0v) is 17.5. The molecule has 1 aliphatic heterocycles. The lowest BCUT2D eigenvalue weighted by molar-refractivity contribution is 0.169. The Balaban J connectivity index is 1.70. The molecule has 8 heteroatoms. The average Bonchev–Trinajstić information content (AvgIpc) is 3.08. The number of H-pyrrole nitrogens is 1. The summed E-state index contributed by atoms with van der Waals surface area (Å²) in [6.45, 7) is 9.98. The van der Waals surface area contributed by atoms with E-state index >= 15 is 0 Å². The quantitative estimate of drug-likeness (QED) is 0.726. The van der Waals surface area contributed by atoms with Gasteiger partial charge in [0.15, 0.2) is 11.6 Å². The van der Waals surface area contributed by atoms with E-state index in [0.717, 1.165) is 24.3 Å². The average molecular weight is 398 g/mol. The number of nitrogens with one attached hydrogen (secondary N) is 1. The van der Waals surface area contributed by atoms with Crippen molar-refractivity contribution in [2.75, 3.05) is 25.0 Å². The number of ether oxygens (including phenoxy) is 1. The first-order chi connectivity index (χ1) is 13.8. The van der Waals surface area contributed by atoms with Crippen molar-refractivity contribution in [1.82, 2.24) is 25.1 Å². The molecule has 2 aromatic heterocycles. The molecule has 3 aromatic rings. The Morgan fingerprint density at radius 1 is 1.14 bits per heavy atom. The number of likely N-dealkylation sites (N-methyl/N-ethyl adjacent to an activating group) is 1. The monoisotopic (exact) mass is 398 g/mol. The second-order valence-electron chi connectivity index (χ2n) is 8.10. The molecule has 0 spiro atoms. The molecule has 2 atom stereocenters. The van der Waals surface area contributed by atoms with Crippen molar-refractivity contribution < 1.29 is 9.13 Å². The maximum Gasteiger partial charge on any atom is 0.167 e. The standard InChI is InChI=1S/C21H27FN6O/c1-12(2)29-19-6-15-17(7-16(19)22)25-26-21(15)18-8-20(24-11-23-18)28-9-13(3)27(5)14(4)10-28/h6-8,11-14H,9-10H2,1-5H3,(H,25,26). The summed E-state index contributed by atoms with van der Waals surface area (Å²) >= 11 is 0. The molecular weight excluding hydrogens is 371 g/mol. The number of hydrogen-bond donors (Lipinski definition) is 1. The van der Waals surface area contributed by atoms with Crippen LogP contribution in [-0.4, -0.2) is 63.4 Å². The molecule has 3 heterocycles. The third kappa shape index (κ3) is 3.76. The summed E-state index contributed by atoms with van der Waals surface area (Å²) < 4.78 is 19.9. The number of benzene rings is 1. The van der Waals surface area contributed by atoms with Crippen LogP contribution in [0.15, 0.2) is 24.5 Å². The molecular formula is C21H27FN6O. The van der Waals surface area contributed by atoms with Crippen molar-refractivity contribution >= 4 is 16.7 Å². The second kappa shape index (κ2) is 7.59. The highest BCUT2D eigenvalue weighted by Crippen LogP contribution is 2.32. The molecule has 0 aliphatic carbocycles. The van der Waals surface area contributed by atoms with Crippen LogP contribution < -0.4 is 9.64 Å². The van der Waals surface area contributed by atoms with Gasteiger partial charge in [0.05, 0.1) is 17.3 Å². The zero-order chi connectivity index (χ0) is 20.7.